The van der Waals surface area contributed by atoms with Crippen LogP contribution in [0.2, 0.25) is 0 Å². The van der Waals surface area contributed by atoms with Crippen molar-refractivity contribution >= 4 is 23.1 Å². The minimum absolute atomic E-state index is 0.251. The summed E-state index contributed by atoms with van der Waals surface area (Å²) in [6.45, 7) is 0. The van der Waals surface area contributed by atoms with Crippen molar-refractivity contribution in [3.63, 3.8) is 0 Å². The SMILES string of the molecule is COc1ccccc1N(C)C(=O)Nc1ccc(N)cc1. The fraction of sp³-hybridized carbons (Fsp3) is 0.133. The summed E-state index contributed by atoms with van der Waals surface area (Å²) in [6, 6.07) is 14.1. The van der Waals surface area contributed by atoms with Crippen LogP contribution in [0.5, 0.6) is 5.75 Å². The molecule has 5 heteroatoms. The predicted octanol–water partition coefficient (Wildman–Crippen LogP) is 2.95. The number of benzene rings is 2. The highest BCUT2D eigenvalue weighted by atomic mass is 16.5. The van der Waals surface area contributed by atoms with Gasteiger partial charge in [-0.05, 0) is 36.4 Å². The fourth-order valence-corrected chi connectivity index (χ4v) is 1.79. The minimum atomic E-state index is -0.251. The van der Waals surface area contributed by atoms with Crippen LogP contribution in [0.4, 0.5) is 21.9 Å². The minimum Gasteiger partial charge on any atom is -0.495 e. The van der Waals surface area contributed by atoms with E-state index in [4.69, 9.17) is 10.5 Å². The molecule has 0 atom stereocenters. The number of methoxy groups -OCH3 is 1. The molecule has 3 N–H and O–H groups in total. The molecule has 0 aromatic heterocycles. The molecule has 0 spiro atoms. The molecule has 5 nitrogen and oxygen atoms in total. The van der Waals surface area contributed by atoms with Gasteiger partial charge >= 0.3 is 6.03 Å². The number of nitrogen functional groups attached to an aromatic ring is 1. The smallest absolute Gasteiger partial charge is 0.326 e. The first-order valence-corrected chi connectivity index (χ1v) is 6.15. The van der Waals surface area contributed by atoms with Crippen LogP contribution in [-0.2, 0) is 0 Å². The number of ether oxygens (including phenoxy) is 1. The zero-order valence-electron chi connectivity index (χ0n) is 11.5. The quantitative estimate of drug-likeness (QED) is 0.843. The molecule has 2 amide bonds. The molecule has 0 aliphatic rings. The van der Waals surface area contributed by atoms with E-state index >= 15 is 0 Å². The van der Waals surface area contributed by atoms with Gasteiger partial charge in [0.05, 0.1) is 12.8 Å². The number of hydrogen-bond acceptors (Lipinski definition) is 3. The van der Waals surface area contributed by atoms with Crippen LogP contribution in [-0.4, -0.2) is 20.2 Å². The molecular weight excluding hydrogens is 254 g/mol. The highest BCUT2D eigenvalue weighted by Crippen LogP contribution is 2.27. The lowest BCUT2D eigenvalue weighted by Gasteiger charge is -2.20. The molecule has 2 aromatic rings. The lowest BCUT2D eigenvalue weighted by atomic mass is 10.2. The number of carbonyl (C=O) groups is 1. The van der Waals surface area contributed by atoms with E-state index < -0.39 is 0 Å². The molecule has 0 aliphatic carbocycles. The zero-order chi connectivity index (χ0) is 14.5. The third-order valence-electron chi connectivity index (χ3n) is 2.91. The monoisotopic (exact) mass is 271 g/mol. The Bertz CT molecular complexity index is 596. The molecule has 0 aliphatic heterocycles. The summed E-state index contributed by atoms with van der Waals surface area (Å²) in [6.07, 6.45) is 0. The average Bonchev–Trinajstić information content (AvgIpc) is 2.48. The van der Waals surface area contributed by atoms with Crippen molar-refractivity contribution in [2.75, 3.05) is 30.1 Å². The van der Waals surface area contributed by atoms with Gasteiger partial charge in [-0.15, -0.1) is 0 Å². The van der Waals surface area contributed by atoms with Crippen LogP contribution in [0.15, 0.2) is 48.5 Å². The van der Waals surface area contributed by atoms with Crippen molar-refractivity contribution < 1.29 is 9.53 Å². The van der Waals surface area contributed by atoms with Crippen molar-refractivity contribution in [1.29, 1.82) is 0 Å². The van der Waals surface area contributed by atoms with Crippen LogP contribution in [0.1, 0.15) is 0 Å². The standard InChI is InChI=1S/C15H17N3O2/c1-18(13-5-3-4-6-14(13)20-2)15(19)17-12-9-7-11(16)8-10-12/h3-10H,16H2,1-2H3,(H,17,19). The summed E-state index contributed by atoms with van der Waals surface area (Å²) in [7, 11) is 3.26. The Balaban J connectivity index is 2.14. The Morgan fingerprint density at radius 1 is 1.15 bits per heavy atom. The molecule has 0 radical (unpaired) electrons. The summed E-state index contributed by atoms with van der Waals surface area (Å²) in [5.74, 6) is 0.641. The van der Waals surface area contributed by atoms with Crippen LogP contribution >= 0.6 is 0 Å². The van der Waals surface area contributed by atoms with Gasteiger partial charge in [-0.3, -0.25) is 4.90 Å². The van der Waals surface area contributed by atoms with Gasteiger partial charge in [0, 0.05) is 18.4 Å². The van der Waals surface area contributed by atoms with Gasteiger partial charge in [0.15, 0.2) is 0 Å². The van der Waals surface area contributed by atoms with Crippen molar-refractivity contribution in [2.45, 2.75) is 0 Å². The summed E-state index contributed by atoms with van der Waals surface area (Å²) < 4.78 is 5.24. The molecule has 0 unspecified atom stereocenters. The van der Waals surface area contributed by atoms with E-state index in [-0.39, 0.29) is 6.03 Å². The van der Waals surface area contributed by atoms with E-state index in [0.717, 1.165) is 0 Å². The van der Waals surface area contributed by atoms with E-state index in [2.05, 4.69) is 5.32 Å². The van der Waals surface area contributed by atoms with Crippen molar-refractivity contribution in [2.24, 2.45) is 0 Å². The maximum absolute atomic E-state index is 12.2. The van der Waals surface area contributed by atoms with Gasteiger partial charge in [-0.2, -0.15) is 0 Å². The highest BCUT2D eigenvalue weighted by molar-refractivity contribution is 6.02. The number of para-hydroxylation sites is 2. The lowest BCUT2D eigenvalue weighted by Crippen LogP contribution is -2.31. The molecule has 0 bridgehead atoms. The molecule has 0 saturated heterocycles. The second-order valence-corrected chi connectivity index (χ2v) is 4.28. The largest absolute Gasteiger partial charge is 0.495 e. The summed E-state index contributed by atoms with van der Waals surface area (Å²) >= 11 is 0. The van der Waals surface area contributed by atoms with Crippen molar-refractivity contribution in [3.8, 4) is 5.75 Å². The maximum atomic E-state index is 12.2. The molecule has 104 valence electrons. The van der Waals surface area contributed by atoms with Crippen LogP contribution in [0, 0.1) is 0 Å². The zero-order valence-corrected chi connectivity index (χ0v) is 11.5. The molecule has 0 saturated carbocycles. The van der Waals surface area contributed by atoms with E-state index in [1.807, 2.05) is 24.3 Å². The second-order valence-electron chi connectivity index (χ2n) is 4.28. The van der Waals surface area contributed by atoms with Crippen LogP contribution < -0.4 is 20.7 Å². The van der Waals surface area contributed by atoms with E-state index in [1.165, 1.54) is 4.90 Å². The van der Waals surface area contributed by atoms with Gasteiger partial charge in [0.1, 0.15) is 5.75 Å². The van der Waals surface area contributed by atoms with Gasteiger partial charge < -0.3 is 15.8 Å². The Morgan fingerprint density at radius 2 is 1.80 bits per heavy atom. The fourth-order valence-electron chi connectivity index (χ4n) is 1.79. The van der Waals surface area contributed by atoms with Gasteiger partial charge in [0.25, 0.3) is 0 Å². The number of nitrogens with one attached hydrogen (secondary N) is 1. The Kier molecular flexibility index (Phi) is 4.10. The van der Waals surface area contributed by atoms with Gasteiger partial charge in [0.2, 0.25) is 0 Å². The summed E-state index contributed by atoms with van der Waals surface area (Å²) in [5.41, 5.74) is 7.64. The molecular formula is C15H17N3O2. The number of nitrogens with two attached hydrogens (primary N) is 1. The van der Waals surface area contributed by atoms with E-state index in [9.17, 15) is 4.79 Å². The summed E-state index contributed by atoms with van der Waals surface area (Å²) in [5, 5.41) is 2.79. The molecule has 2 aromatic carbocycles. The van der Waals surface area contributed by atoms with Crippen LogP contribution in [0.25, 0.3) is 0 Å². The maximum Gasteiger partial charge on any atom is 0.326 e. The Hall–Kier alpha value is -2.69. The number of nitrogens with zero attached hydrogens (tertiary/aromatic N) is 1. The second kappa shape index (κ2) is 5.97. The first kappa shape index (κ1) is 13.7. The topological polar surface area (TPSA) is 67.6 Å². The van der Waals surface area contributed by atoms with Crippen molar-refractivity contribution in [3.05, 3.63) is 48.5 Å². The normalized spacial score (nSPS) is 9.90. The number of amides is 2. The molecule has 20 heavy (non-hydrogen) atoms. The van der Waals surface area contributed by atoms with Crippen LogP contribution in [0.3, 0.4) is 0 Å². The molecule has 0 fully saturated rings. The average molecular weight is 271 g/mol. The first-order chi connectivity index (χ1) is 9.61. The molecule has 2 rings (SSSR count). The first-order valence-electron chi connectivity index (χ1n) is 6.15. The summed E-state index contributed by atoms with van der Waals surface area (Å²) in [4.78, 5) is 13.7. The number of rotatable bonds is 3. The number of hydrogen-bond donors (Lipinski definition) is 2. The number of carbonyl (C=O) groups excluding carboxylic acids is 1. The lowest BCUT2D eigenvalue weighted by molar-refractivity contribution is 0.258. The highest BCUT2D eigenvalue weighted by Gasteiger charge is 2.14. The number of anilines is 3. The third-order valence-corrected chi connectivity index (χ3v) is 2.91. The molecule has 0 heterocycles. The number of urea groups is 1. The van der Waals surface area contributed by atoms with Gasteiger partial charge in [-0.25, -0.2) is 4.79 Å². The Morgan fingerprint density at radius 3 is 2.45 bits per heavy atom. The van der Waals surface area contributed by atoms with E-state index in [0.29, 0.717) is 22.8 Å². The van der Waals surface area contributed by atoms with E-state index in [1.54, 1.807) is 38.4 Å². The Labute approximate surface area is 118 Å². The third kappa shape index (κ3) is 3.00. The predicted molar refractivity (Wildman–Crippen MR) is 81.3 cm³/mol. The van der Waals surface area contributed by atoms with Crippen molar-refractivity contribution in [1.82, 2.24) is 0 Å². The van der Waals surface area contributed by atoms with Gasteiger partial charge in [-0.1, -0.05) is 12.1 Å².